The average Bonchev–Trinajstić information content (AvgIpc) is 2.59. The van der Waals surface area contributed by atoms with Crippen LogP contribution >= 0.6 is 0 Å². The fourth-order valence-corrected chi connectivity index (χ4v) is 1.59. The van der Waals surface area contributed by atoms with Crippen LogP contribution in [-0.4, -0.2) is 30.8 Å². The first-order valence-corrected chi connectivity index (χ1v) is 7.47. The third-order valence-electron chi connectivity index (χ3n) is 2.74. The van der Waals surface area contributed by atoms with Crippen molar-refractivity contribution >= 4 is 5.90 Å². The van der Waals surface area contributed by atoms with Gasteiger partial charge in [-0.3, -0.25) is 5.41 Å². The molecule has 1 rings (SSSR count). The maximum absolute atomic E-state index is 9.70. The minimum atomic E-state index is -0.911. The van der Waals surface area contributed by atoms with E-state index < -0.39 is 6.10 Å². The van der Waals surface area contributed by atoms with Gasteiger partial charge in [0.1, 0.15) is 18.5 Å². The lowest BCUT2D eigenvalue weighted by Gasteiger charge is -2.11. The molecule has 0 amide bonds. The lowest BCUT2D eigenvalue weighted by atomic mass is 10.1. The van der Waals surface area contributed by atoms with E-state index in [4.69, 9.17) is 14.9 Å². The third kappa shape index (κ3) is 8.27. The van der Waals surface area contributed by atoms with Crippen molar-refractivity contribution in [2.75, 3.05) is 13.7 Å². The van der Waals surface area contributed by atoms with Gasteiger partial charge >= 0.3 is 0 Å². The molecule has 1 aromatic rings. The molecule has 1 atom stereocenters. The zero-order chi connectivity index (χ0) is 16.8. The lowest BCUT2D eigenvalue weighted by molar-refractivity contribution is 0.202. The molecule has 0 fully saturated rings. The summed E-state index contributed by atoms with van der Waals surface area (Å²) < 4.78 is 10.2. The van der Waals surface area contributed by atoms with Crippen molar-refractivity contribution in [3.8, 4) is 5.75 Å². The van der Waals surface area contributed by atoms with Crippen LogP contribution < -0.4 is 4.74 Å². The Hall–Kier alpha value is -2.07. The first-order valence-electron chi connectivity index (χ1n) is 7.47. The molecule has 0 aliphatic heterocycles. The molecule has 1 aromatic carbocycles. The number of benzene rings is 1. The van der Waals surface area contributed by atoms with E-state index in [-0.39, 0.29) is 5.90 Å². The van der Waals surface area contributed by atoms with Gasteiger partial charge in [-0.05, 0) is 30.7 Å². The molecule has 0 aliphatic rings. The Balaban J connectivity index is 0.00000211. The molecule has 0 heterocycles. The number of rotatable bonds is 7. The molecule has 0 bridgehead atoms. The summed E-state index contributed by atoms with van der Waals surface area (Å²) in [5.41, 5.74) is 0.927. The van der Waals surface area contributed by atoms with Crippen molar-refractivity contribution in [2.45, 2.75) is 33.3 Å². The second-order valence-corrected chi connectivity index (χ2v) is 4.18. The van der Waals surface area contributed by atoms with E-state index in [0.29, 0.717) is 13.0 Å². The average molecular weight is 305 g/mol. The van der Waals surface area contributed by atoms with Gasteiger partial charge in [0.05, 0.1) is 7.11 Å². The zero-order valence-corrected chi connectivity index (χ0v) is 13.9. The van der Waals surface area contributed by atoms with E-state index in [1.54, 1.807) is 0 Å². The Morgan fingerprint density at radius 2 is 1.91 bits per heavy atom. The maximum atomic E-state index is 9.70. The fraction of sp³-hybridized carbons (Fsp3) is 0.389. The van der Waals surface area contributed by atoms with E-state index in [1.165, 1.54) is 7.11 Å². The van der Waals surface area contributed by atoms with Crippen LogP contribution in [0.15, 0.2) is 54.1 Å². The summed E-state index contributed by atoms with van der Waals surface area (Å²) in [4.78, 5) is 0. The maximum Gasteiger partial charge on any atom is 0.210 e. The Labute approximate surface area is 133 Å². The molecule has 0 saturated carbocycles. The van der Waals surface area contributed by atoms with Crippen LogP contribution in [0.25, 0.3) is 0 Å². The quantitative estimate of drug-likeness (QED) is 0.455. The van der Waals surface area contributed by atoms with Crippen LogP contribution in [0.3, 0.4) is 0 Å². The normalized spacial score (nSPS) is 12.3. The molecular formula is C18H27NO3. The van der Waals surface area contributed by atoms with Gasteiger partial charge in [-0.15, -0.1) is 0 Å². The predicted molar refractivity (Wildman–Crippen MR) is 91.5 cm³/mol. The molecule has 0 saturated heterocycles. The highest BCUT2D eigenvalue weighted by Gasteiger charge is 2.11. The van der Waals surface area contributed by atoms with Gasteiger partial charge in [0.15, 0.2) is 0 Å². The van der Waals surface area contributed by atoms with Crippen LogP contribution in [0.1, 0.15) is 27.2 Å². The SMILES string of the molecule is C/C=C(\C=C/COc1ccccc1)CC(O)C(=N)OC.CC. The molecule has 0 radical (unpaired) electrons. The van der Waals surface area contributed by atoms with Gasteiger partial charge in [-0.2, -0.15) is 0 Å². The minimum Gasteiger partial charge on any atom is -0.490 e. The Morgan fingerprint density at radius 3 is 2.45 bits per heavy atom. The first-order chi connectivity index (χ1) is 10.7. The van der Waals surface area contributed by atoms with Crippen LogP contribution in [0.5, 0.6) is 5.75 Å². The number of methoxy groups -OCH3 is 1. The second kappa shape index (κ2) is 12.7. The Kier molecular flexibility index (Phi) is 11.5. The Bertz CT molecular complexity index is 466. The number of nitrogens with one attached hydrogen (secondary N) is 1. The predicted octanol–water partition coefficient (Wildman–Crippen LogP) is 3.97. The van der Waals surface area contributed by atoms with Gasteiger partial charge in [0.25, 0.3) is 0 Å². The number of allylic oxidation sites excluding steroid dienone is 2. The molecule has 1 unspecified atom stereocenters. The summed E-state index contributed by atoms with van der Waals surface area (Å²) >= 11 is 0. The molecule has 4 heteroatoms. The molecular weight excluding hydrogens is 278 g/mol. The largest absolute Gasteiger partial charge is 0.490 e. The van der Waals surface area contributed by atoms with Gasteiger partial charge in [-0.25, -0.2) is 0 Å². The summed E-state index contributed by atoms with van der Waals surface area (Å²) in [5, 5.41) is 17.1. The van der Waals surface area contributed by atoms with Crippen LogP contribution in [0.4, 0.5) is 0 Å². The minimum absolute atomic E-state index is 0.127. The number of para-hydroxylation sites is 1. The van der Waals surface area contributed by atoms with Crippen molar-refractivity contribution in [1.82, 2.24) is 0 Å². The number of hydrogen-bond acceptors (Lipinski definition) is 4. The van der Waals surface area contributed by atoms with Crippen molar-refractivity contribution in [3.63, 3.8) is 0 Å². The summed E-state index contributed by atoms with van der Waals surface area (Å²) in [7, 11) is 1.38. The van der Waals surface area contributed by atoms with Crippen molar-refractivity contribution in [3.05, 3.63) is 54.1 Å². The van der Waals surface area contributed by atoms with Crippen molar-refractivity contribution in [1.29, 1.82) is 5.41 Å². The van der Waals surface area contributed by atoms with Crippen LogP contribution in [-0.2, 0) is 4.74 Å². The van der Waals surface area contributed by atoms with Gasteiger partial charge in [0.2, 0.25) is 5.90 Å². The Morgan fingerprint density at radius 1 is 1.27 bits per heavy atom. The third-order valence-corrected chi connectivity index (χ3v) is 2.74. The molecule has 0 aromatic heterocycles. The summed E-state index contributed by atoms with van der Waals surface area (Å²) in [6, 6.07) is 9.57. The van der Waals surface area contributed by atoms with Crippen molar-refractivity contribution in [2.24, 2.45) is 0 Å². The fourth-order valence-electron chi connectivity index (χ4n) is 1.59. The van der Waals surface area contributed by atoms with Gasteiger partial charge in [-0.1, -0.05) is 44.2 Å². The molecule has 0 aliphatic carbocycles. The molecule has 22 heavy (non-hydrogen) atoms. The van der Waals surface area contributed by atoms with Gasteiger partial charge < -0.3 is 14.6 Å². The number of aliphatic hydroxyl groups is 1. The van der Waals surface area contributed by atoms with E-state index in [9.17, 15) is 5.11 Å². The van der Waals surface area contributed by atoms with E-state index >= 15 is 0 Å². The standard InChI is InChI=1S/C16H21NO3.C2H6/c1-3-13(12-15(18)16(17)19-2)8-7-11-20-14-9-5-4-6-10-14;1-2/h3-10,15,17-18H,11-12H2,1-2H3;1-2H3/b8-7-,13-3+,17-16?;. The molecule has 4 nitrogen and oxygen atoms in total. The highest BCUT2D eigenvalue weighted by molar-refractivity contribution is 5.77. The second-order valence-electron chi connectivity index (χ2n) is 4.18. The molecule has 122 valence electrons. The summed E-state index contributed by atoms with van der Waals surface area (Å²) in [5.74, 6) is 0.693. The number of aliphatic hydroxyl groups excluding tert-OH is 1. The zero-order valence-electron chi connectivity index (χ0n) is 13.9. The van der Waals surface area contributed by atoms with Crippen LogP contribution in [0.2, 0.25) is 0 Å². The van der Waals surface area contributed by atoms with Crippen LogP contribution in [0, 0.1) is 5.41 Å². The van der Waals surface area contributed by atoms with E-state index in [2.05, 4.69) is 0 Å². The topological polar surface area (TPSA) is 62.5 Å². The number of ether oxygens (including phenoxy) is 2. The summed E-state index contributed by atoms with van der Waals surface area (Å²) in [6.07, 6.45) is 5.10. The highest BCUT2D eigenvalue weighted by atomic mass is 16.5. The van der Waals surface area contributed by atoms with Crippen molar-refractivity contribution < 1.29 is 14.6 Å². The molecule has 2 N–H and O–H groups in total. The highest BCUT2D eigenvalue weighted by Crippen LogP contribution is 2.10. The van der Waals surface area contributed by atoms with E-state index in [1.807, 2.05) is 69.3 Å². The lowest BCUT2D eigenvalue weighted by Crippen LogP contribution is -2.21. The molecule has 0 spiro atoms. The summed E-state index contributed by atoms with van der Waals surface area (Å²) in [6.45, 7) is 6.35. The monoisotopic (exact) mass is 305 g/mol. The first kappa shape index (κ1) is 19.9. The van der Waals surface area contributed by atoms with E-state index in [0.717, 1.165) is 11.3 Å². The smallest absolute Gasteiger partial charge is 0.210 e. The van der Waals surface area contributed by atoms with Gasteiger partial charge in [0, 0.05) is 6.42 Å². The number of hydrogen-bond donors (Lipinski definition) is 2.